The third kappa shape index (κ3) is 2.71. The zero-order valence-electron chi connectivity index (χ0n) is 10.3. The van der Waals surface area contributed by atoms with E-state index in [1.54, 1.807) is 7.11 Å². The Kier molecular flexibility index (Phi) is 3.23. The van der Waals surface area contributed by atoms with Crippen molar-refractivity contribution in [3.63, 3.8) is 0 Å². The summed E-state index contributed by atoms with van der Waals surface area (Å²) < 4.78 is 11.1. The highest BCUT2D eigenvalue weighted by molar-refractivity contribution is 5.42. The van der Waals surface area contributed by atoms with E-state index < -0.39 is 0 Å². The van der Waals surface area contributed by atoms with Crippen molar-refractivity contribution in [1.29, 1.82) is 5.26 Å². The Morgan fingerprint density at radius 3 is 2.71 bits per heavy atom. The second-order valence-corrected chi connectivity index (χ2v) is 4.78. The van der Waals surface area contributed by atoms with Gasteiger partial charge in [0.1, 0.15) is 0 Å². The molecule has 0 N–H and O–H groups in total. The number of hydrogen-bond acceptors (Lipinski definition) is 3. The van der Waals surface area contributed by atoms with Gasteiger partial charge in [-0.3, -0.25) is 0 Å². The molecule has 0 spiro atoms. The van der Waals surface area contributed by atoms with Crippen LogP contribution in [0.2, 0.25) is 0 Å². The van der Waals surface area contributed by atoms with Gasteiger partial charge in [-0.1, -0.05) is 6.07 Å². The minimum absolute atomic E-state index is 0.102. The van der Waals surface area contributed by atoms with E-state index in [4.69, 9.17) is 14.7 Å². The number of aryl methyl sites for hydroxylation is 1. The Balaban J connectivity index is 2.02. The molecule has 2 rings (SSSR count). The topological polar surface area (TPSA) is 42.2 Å². The predicted molar refractivity (Wildman–Crippen MR) is 65.1 cm³/mol. The molecule has 3 nitrogen and oxygen atoms in total. The van der Waals surface area contributed by atoms with Crippen molar-refractivity contribution in [3.8, 4) is 17.6 Å². The maximum Gasteiger partial charge on any atom is 0.161 e. The van der Waals surface area contributed by atoms with Gasteiger partial charge in [0, 0.05) is 11.8 Å². The summed E-state index contributed by atoms with van der Waals surface area (Å²) in [5.74, 6) is 1.53. The lowest BCUT2D eigenvalue weighted by Gasteiger charge is -2.15. The Hall–Kier alpha value is -1.69. The van der Waals surface area contributed by atoms with Gasteiger partial charge in [-0.25, -0.2) is 0 Å². The highest BCUT2D eigenvalue weighted by Gasteiger charge is 2.43. The first-order valence-corrected chi connectivity index (χ1v) is 5.83. The van der Waals surface area contributed by atoms with Crippen LogP contribution in [0.1, 0.15) is 24.8 Å². The van der Waals surface area contributed by atoms with Crippen LogP contribution in [0, 0.1) is 23.7 Å². The van der Waals surface area contributed by atoms with E-state index in [1.165, 1.54) is 0 Å². The number of nitrogens with zero attached hydrogens (tertiary/aromatic N) is 1. The van der Waals surface area contributed by atoms with Gasteiger partial charge in [0.2, 0.25) is 0 Å². The molecule has 1 fully saturated rings. The second kappa shape index (κ2) is 4.67. The molecule has 0 aromatic heterocycles. The lowest BCUT2D eigenvalue weighted by Crippen LogP contribution is -2.12. The Morgan fingerprint density at radius 2 is 2.12 bits per heavy atom. The highest BCUT2D eigenvalue weighted by Crippen LogP contribution is 2.49. The van der Waals surface area contributed by atoms with Gasteiger partial charge >= 0.3 is 0 Å². The molecule has 0 amide bonds. The van der Waals surface area contributed by atoms with Crippen LogP contribution >= 0.6 is 0 Å². The number of methoxy groups -OCH3 is 1. The minimum Gasteiger partial charge on any atom is -0.493 e. The first-order chi connectivity index (χ1) is 8.19. The molecule has 3 heteroatoms. The average Bonchev–Trinajstić information content (AvgIpc) is 3.08. The van der Waals surface area contributed by atoms with Crippen LogP contribution in [-0.2, 0) is 0 Å². The van der Waals surface area contributed by atoms with Crippen LogP contribution in [0.15, 0.2) is 18.2 Å². The van der Waals surface area contributed by atoms with Gasteiger partial charge in [0.05, 0.1) is 19.8 Å². The van der Waals surface area contributed by atoms with Gasteiger partial charge in [0.25, 0.3) is 0 Å². The maximum absolute atomic E-state index is 8.75. The summed E-state index contributed by atoms with van der Waals surface area (Å²) in [4.78, 5) is 0. The molecule has 1 aromatic carbocycles. The zero-order chi connectivity index (χ0) is 12.3. The van der Waals surface area contributed by atoms with Gasteiger partial charge in [0.15, 0.2) is 11.5 Å². The van der Waals surface area contributed by atoms with E-state index in [-0.39, 0.29) is 5.41 Å². The lowest BCUT2D eigenvalue weighted by atomic mass is 10.1. The molecular weight excluding hydrogens is 214 g/mol. The molecule has 0 saturated heterocycles. The van der Waals surface area contributed by atoms with Crippen LogP contribution < -0.4 is 9.47 Å². The third-order valence-electron chi connectivity index (χ3n) is 3.26. The van der Waals surface area contributed by atoms with Gasteiger partial charge in [-0.15, -0.1) is 0 Å². The van der Waals surface area contributed by atoms with Crippen molar-refractivity contribution in [2.24, 2.45) is 5.41 Å². The summed E-state index contributed by atoms with van der Waals surface area (Å²) in [7, 11) is 1.64. The first kappa shape index (κ1) is 11.8. The number of nitriles is 1. The zero-order valence-corrected chi connectivity index (χ0v) is 10.3. The van der Waals surface area contributed by atoms with Gasteiger partial charge in [-0.2, -0.15) is 5.26 Å². The maximum atomic E-state index is 8.75. The average molecular weight is 231 g/mol. The van der Waals surface area contributed by atoms with E-state index in [0.717, 1.165) is 29.9 Å². The number of hydrogen-bond donors (Lipinski definition) is 0. The van der Waals surface area contributed by atoms with E-state index in [1.807, 2.05) is 25.1 Å². The monoisotopic (exact) mass is 231 g/mol. The smallest absolute Gasteiger partial charge is 0.161 e. The molecule has 0 atom stereocenters. The number of benzene rings is 1. The van der Waals surface area contributed by atoms with E-state index in [2.05, 4.69) is 6.07 Å². The molecule has 0 unspecified atom stereocenters. The fraction of sp³-hybridized carbons (Fsp3) is 0.500. The Bertz CT molecular complexity index is 444. The summed E-state index contributed by atoms with van der Waals surface area (Å²) in [6, 6.07) is 8.12. The van der Waals surface area contributed by atoms with Crippen molar-refractivity contribution >= 4 is 0 Å². The summed E-state index contributed by atoms with van der Waals surface area (Å²) in [6.07, 6.45) is 2.77. The summed E-state index contributed by atoms with van der Waals surface area (Å²) in [6.45, 7) is 2.63. The third-order valence-corrected chi connectivity index (χ3v) is 3.26. The second-order valence-electron chi connectivity index (χ2n) is 4.78. The molecule has 0 aliphatic heterocycles. The molecule has 0 radical (unpaired) electrons. The van der Waals surface area contributed by atoms with Gasteiger partial charge < -0.3 is 9.47 Å². The fourth-order valence-corrected chi connectivity index (χ4v) is 1.84. The number of rotatable bonds is 5. The molecular formula is C14H17NO2. The molecule has 17 heavy (non-hydrogen) atoms. The quantitative estimate of drug-likeness (QED) is 0.782. The predicted octanol–water partition coefficient (Wildman–Crippen LogP) is 3.08. The minimum atomic E-state index is 0.102. The van der Waals surface area contributed by atoms with Crippen molar-refractivity contribution in [3.05, 3.63) is 23.8 Å². The molecule has 0 bridgehead atoms. The Morgan fingerprint density at radius 1 is 1.35 bits per heavy atom. The van der Waals surface area contributed by atoms with Crippen LogP contribution in [0.5, 0.6) is 11.5 Å². The van der Waals surface area contributed by atoms with Crippen molar-refractivity contribution in [2.75, 3.05) is 13.7 Å². The van der Waals surface area contributed by atoms with Crippen molar-refractivity contribution in [2.45, 2.75) is 26.2 Å². The van der Waals surface area contributed by atoms with Crippen LogP contribution in [0.4, 0.5) is 0 Å². The Labute approximate surface area is 102 Å². The van der Waals surface area contributed by atoms with Crippen molar-refractivity contribution in [1.82, 2.24) is 0 Å². The van der Waals surface area contributed by atoms with Gasteiger partial charge in [-0.05, 0) is 37.5 Å². The van der Waals surface area contributed by atoms with Crippen LogP contribution in [-0.4, -0.2) is 13.7 Å². The molecule has 1 aromatic rings. The number of ether oxygens (including phenoxy) is 2. The van der Waals surface area contributed by atoms with Crippen molar-refractivity contribution < 1.29 is 9.47 Å². The first-order valence-electron chi connectivity index (χ1n) is 5.83. The highest BCUT2D eigenvalue weighted by atomic mass is 16.5. The molecule has 1 aliphatic carbocycles. The van der Waals surface area contributed by atoms with E-state index >= 15 is 0 Å². The molecule has 90 valence electrons. The summed E-state index contributed by atoms with van der Waals surface area (Å²) >= 11 is 0. The summed E-state index contributed by atoms with van der Waals surface area (Å²) in [5.41, 5.74) is 1.25. The fourth-order valence-electron chi connectivity index (χ4n) is 1.84. The van der Waals surface area contributed by atoms with Crippen LogP contribution in [0.25, 0.3) is 0 Å². The molecule has 0 heterocycles. The lowest BCUT2D eigenvalue weighted by molar-refractivity contribution is 0.227. The SMILES string of the molecule is COc1cc(C)ccc1OCC1(CC#N)CC1. The van der Waals surface area contributed by atoms with Crippen LogP contribution in [0.3, 0.4) is 0 Å². The largest absolute Gasteiger partial charge is 0.493 e. The molecule has 1 saturated carbocycles. The van der Waals surface area contributed by atoms with E-state index in [0.29, 0.717) is 13.0 Å². The normalized spacial score (nSPS) is 16.1. The summed E-state index contributed by atoms with van der Waals surface area (Å²) in [5, 5.41) is 8.75. The van der Waals surface area contributed by atoms with E-state index in [9.17, 15) is 0 Å². The standard InChI is InChI=1S/C14H17NO2/c1-11-3-4-12(13(9-11)16-2)17-10-14(5-6-14)7-8-15/h3-4,9H,5-7,10H2,1-2H3. The molecule has 1 aliphatic rings.